The van der Waals surface area contributed by atoms with Gasteiger partial charge in [-0.2, -0.15) is 0 Å². The average molecular weight is 307 g/mol. The highest BCUT2D eigenvalue weighted by Crippen LogP contribution is 2.29. The van der Waals surface area contributed by atoms with Crippen molar-refractivity contribution >= 4 is 11.3 Å². The van der Waals surface area contributed by atoms with Crippen LogP contribution >= 0.6 is 0 Å². The van der Waals surface area contributed by atoms with Crippen molar-refractivity contribution in [3.63, 3.8) is 0 Å². The van der Waals surface area contributed by atoms with Gasteiger partial charge in [-0.1, -0.05) is 30.3 Å². The van der Waals surface area contributed by atoms with E-state index in [9.17, 15) is 0 Å². The molecule has 0 amide bonds. The first-order chi connectivity index (χ1) is 11.3. The number of anilines is 1. The van der Waals surface area contributed by atoms with Crippen LogP contribution in [0.2, 0.25) is 0 Å². The Labute approximate surface area is 139 Å². The number of rotatable bonds is 5. The SMILES string of the molecule is CNc1cccc(C)c1COc1cccc(C2=CCCCC2)c1. The monoisotopic (exact) mass is 307 g/mol. The van der Waals surface area contributed by atoms with Crippen molar-refractivity contribution in [3.8, 4) is 5.75 Å². The topological polar surface area (TPSA) is 21.3 Å². The second kappa shape index (κ2) is 7.36. The lowest BCUT2D eigenvalue weighted by Gasteiger charge is -2.16. The summed E-state index contributed by atoms with van der Waals surface area (Å²) >= 11 is 0. The summed E-state index contributed by atoms with van der Waals surface area (Å²) in [5.74, 6) is 0.944. The van der Waals surface area contributed by atoms with Crippen LogP contribution in [-0.2, 0) is 6.61 Å². The summed E-state index contributed by atoms with van der Waals surface area (Å²) in [5.41, 5.74) is 6.38. The van der Waals surface area contributed by atoms with E-state index in [1.807, 2.05) is 13.1 Å². The Kier molecular flexibility index (Phi) is 5.02. The van der Waals surface area contributed by atoms with E-state index in [0.717, 1.165) is 11.4 Å². The van der Waals surface area contributed by atoms with E-state index in [0.29, 0.717) is 6.61 Å². The fraction of sp³-hybridized carbons (Fsp3) is 0.333. The minimum absolute atomic E-state index is 0.589. The fourth-order valence-corrected chi connectivity index (χ4v) is 3.17. The van der Waals surface area contributed by atoms with Crippen molar-refractivity contribution in [2.24, 2.45) is 0 Å². The predicted octanol–water partition coefficient (Wildman–Crippen LogP) is 5.57. The van der Waals surface area contributed by atoms with E-state index in [4.69, 9.17) is 4.74 Å². The molecule has 3 rings (SSSR count). The molecule has 0 aliphatic heterocycles. The van der Waals surface area contributed by atoms with Crippen molar-refractivity contribution in [2.45, 2.75) is 39.2 Å². The van der Waals surface area contributed by atoms with E-state index in [2.05, 4.69) is 54.7 Å². The van der Waals surface area contributed by atoms with Crippen molar-refractivity contribution in [3.05, 3.63) is 65.2 Å². The van der Waals surface area contributed by atoms with Crippen molar-refractivity contribution in [1.29, 1.82) is 0 Å². The molecule has 2 heteroatoms. The molecule has 2 nitrogen and oxygen atoms in total. The van der Waals surface area contributed by atoms with Crippen molar-refractivity contribution in [1.82, 2.24) is 0 Å². The molecule has 0 aromatic heterocycles. The van der Waals surface area contributed by atoms with Gasteiger partial charge in [-0.15, -0.1) is 0 Å². The molecule has 120 valence electrons. The number of nitrogens with one attached hydrogen (secondary N) is 1. The molecule has 0 atom stereocenters. The maximum atomic E-state index is 6.08. The highest BCUT2D eigenvalue weighted by molar-refractivity contribution is 5.67. The third-order valence-electron chi connectivity index (χ3n) is 4.56. The van der Waals surface area contributed by atoms with Crippen LogP contribution in [0, 0.1) is 6.92 Å². The zero-order valence-electron chi connectivity index (χ0n) is 14.1. The Balaban J connectivity index is 1.75. The summed E-state index contributed by atoms with van der Waals surface area (Å²) in [4.78, 5) is 0. The maximum Gasteiger partial charge on any atom is 0.120 e. The van der Waals surface area contributed by atoms with Crippen LogP contribution in [-0.4, -0.2) is 7.05 Å². The minimum atomic E-state index is 0.589. The Bertz CT molecular complexity index is 703. The molecule has 0 unspecified atom stereocenters. The van der Waals surface area contributed by atoms with Crippen LogP contribution in [0.5, 0.6) is 5.75 Å². The maximum absolute atomic E-state index is 6.08. The molecule has 2 aromatic carbocycles. The second-order valence-corrected chi connectivity index (χ2v) is 6.14. The summed E-state index contributed by atoms with van der Waals surface area (Å²) in [6, 6.07) is 14.8. The zero-order valence-corrected chi connectivity index (χ0v) is 14.1. The van der Waals surface area contributed by atoms with E-state index < -0.39 is 0 Å². The van der Waals surface area contributed by atoms with Gasteiger partial charge in [0.1, 0.15) is 12.4 Å². The van der Waals surface area contributed by atoms with Crippen LogP contribution in [0.1, 0.15) is 42.4 Å². The fourth-order valence-electron chi connectivity index (χ4n) is 3.17. The van der Waals surface area contributed by atoms with Gasteiger partial charge in [0.15, 0.2) is 0 Å². The molecular weight excluding hydrogens is 282 g/mol. The van der Waals surface area contributed by atoms with Crippen LogP contribution in [0.4, 0.5) is 5.69 Å². The third-order valence-corrected chi connectivity index (χ3v) is 4.56. The molecule has 0 saturated carbocycles. The van der Waals surface area contributed by atoms with Crippen molar-refractivity contribution in [2.75, 3.05) is 12.4 Å². The van der Waals surface area contributed by atoms with Gasteiger partial charge >= 0.3 is 0 Å². The molecule has 1 N–H and O–H groups in total. The summed E-state index contributed by atoms with van der Waals surface area (Å²) in [6.45, 7) is 2.72. The average Bonchev–Trinajstić information content (AvgIpc) is 2.61. The summed E-state index contributed by atoms with van der Waals surface area (Å²) in [6.07, 6.45) is 7.38. The summed E-state index contributed by atoms with van der Waals surface area (Å²) in [7, 11) is 1.95. The number of allylic oxidation sites excluding steroid dienone is 2. The van der Waals surface area contributed by atoms with Gasteiger partial charge in [-0.3, -0.25) is 0 Å². The first kappa shape index (κ1) is 15.7. The molecule has 0 spiro atoms. The van der Waals surface area contributed by atoms with Crippen LogP contribution < -0.4 is 10.1 Å². The van der Waals surface area contributed by atoms with Gasteiger partial charge < -0.3 is 10.1 Å². The zero-order chi connectivity index (χ0) is 16.1. The van der Waals surface area contributed by atoms with Gasteiger partial charge in [-0.25, -0.2) is 0 Å². The Hall–Kier alpha value is -2.22. The van der Waals surface area contributed by atoms with Gasteiger partial charge in [0.25, 0.3) is 0 Å². The number of aryl methyl sites for hydroxylation is 1. The molecule has 0 radical (unpaired) electrons. The molecule has 2 aromatic rings. The molecule has 23 heavy (non-hydrogen) atoms. The lowest BCUT2D eigenvalue weighted by molar-refractivity contribution is 0.306. The molecule has 0 saturated heterocycles. The van der Waals surface area contributed by atoms with Crippen molar-refractivity contribution < 1.29 is 4.74 Å². The summed E-state index contributed by atoms with van der Waals surface area (Å²) < 4.78 is 6.08. The standard InChI is InChI=1S/C21H25NO/c1-16-8-6-13-21(22-2)20(16)15-23-19-12-7-11-18(14-19)17-9-4-3-5-10-17/h6-9,11-14,22H,3-5,10,15H2,1-2H3. The van der Waals surface area contributed by atoms with Gasteiger partial charge in [-0.05, 0) is 67.5 Å². The smallest absolute Gasteiger partial charge is 0.120 e. The van der Waals surface area contributed by atoms with Gasteiger partial charge in [0.05, 0.1) is 0 Å². The number of benzene rings is 2. The predicted molar refractivity (Wildman–Crippen MR) is 97.9 cm³/mol. The van der Waals surface area contributed by atoms with E-state index in [1.54, 1.807) is 0 Å². The van der Waals surface area contributed by atoms with Gasteiger partial charge in [0, 0.05) is 18.3 Å². The Morgan fingerprint density at radius 3 is 2.74 bits per heavy atom. The van der Waals surface area contributed by atoms with Crippen LogP contribution in [0.3, 0.4) is 0 Å². The second-order valence-electron chi connectivity index (χ2n) is 6.14. The lowest BCUT2D eigenvalue weighted by atomic mass is 9.94. The van der Waals surface area contributed by atoms with Gasteiger partial charge in [0.2, 0.25) is 0 Å². The first-order valence-corrected chi connectivity index (χ1v) is 8.46. The van der Waals surface area contributed by atoms with E-state index >= 15 is 0 Å². The molecule has 0 bridgehead atoms. The quantitative estimate of drug-likeness (QED) is 0.779. The first-order valence-electron chi connectivity index (χ1n) is 8.46. The third kappa shape index (κ3) is 3.76. The molecule has 1 aliphatic carbocycles. The number of ether oxygens (including phenoxy) is 1. The van der Waals surface area contributed by atoms with Crippen LogP contribution in [0.25, 0.3) is 5.57 Å². The van der Waals surface area contributed by atoms with Crippen LogP contribution in [0.15, 0.2) is 48.5 Å². The highest BCUT2D eigenvalue weighted by atomic mass is 16.5. The largest absolute Gasteiger partial charge is 0.489 e. The molecule has 1 aliphatic rings. The molecule has 0 heterocycles. The highest BCUT2D eigenvalue weighted by Gasteiger charge is 2.09. The van der Waals surface area contributed by atoms with E-state index in [-0.39, 0.29) is 0 Å². The normalized spacial score (nSPS) is 14.3. The van der Waals surface area contributed by atoms with E-state index in [1.165, 1.54) is 47.9 Å². The number of hydrogen-bond donors (Lipinski definition) is 1. The summed E-state index contributed by atoms with van der Waals surface area (Å²) in [5, 5.41) is 3.25. The Morgan fingerprint density at radius 2 is 1.96 bits per heavy atom. The minimum Gasteiger partial charge on any atom is -0.489 e. The molecular formula is C21H25NO. The molecule has 0 fully saturated rings. The Morgan fingerprint density at radius 1 is 1.09 bits per heavy atom. The lowest BCUT2D eigenvalue weighted by Crippen LogP contribution is -2.03. The number of hydrogen-bond acceptors (Lipinski definition) is 2.